The van der Waals surface area contributed by atoms with Gasteiger partial charge >= 0.3 is 0 Å². The highest BCUT2D eigenvalue weighted by Gasteiger charge is 2.45. The minimum atomic E-state index is -3.80. The Morgan fingerprint density at radius 3 is 2.50 bits per heavy atom. The van der Waals surface area contributed by atoms with Gasteiger partial charge in [-0.25, -0.2) is 17.2 Å². The van der Waals surface area contributed by atoms with Gasteiger partial charge in [0.15, 0.2) is 9.84 Å². The lowest BCUT2D eigenvalue weighted by molar-refractivity contribution is 0.121. The summed E-state index contributed by atoms with van der Waals surface area (Å²) in [4.78, 5) is 1.98. The number of alkyl halides is 1. The first-order chi connectivity index (χ1) is 10.4. The number of benzene rings is 1. The standard InChI is InChI=1S/C16H21F2NO2S/c1-2-13-22(20,21)16(18)8-11-19(12-9-16)10-7-14-5-3-4-6-15(14)17/h2-6H,1,7-13H2. The van der Waals surface area contributed by atoms with Crippen molar-refractivity contribution in [3.63, 3.8) is 0 Å². The highest BCUT2D eigenvalue weighted by molar-refractivity contribution is 7.92. The fraction of sp³-hybridized carbons (Fsp3) is 0.500. The molecule has 0 atom stereocenters. The van der Waals surface area contributed by atoms with E-state index < -0.39 is 14.8 Å². The van der Waals surface area contributed by atoms with Crippen LogP contribution in [0.25, 0.3) is 0 Å². The first-order valence-electron chi connectivity index (χ1n) is 7.36. The van der Waals surface area contributed by atoms with Crippen molar-refractivity contribution in [2.75, 3.05) is 25.4 Å². The predicted octanol–water partition coefficient (Wildman–Crippen LogP) is 2.73. The number of nitrogens with zero attached hydrogens (tertiary/aromatic N) is 1. The molecule has 0 unspecified atom stereocenters. The molecule has 0 saturated carbocycles. The Morgan fingerprint density at radius 1 is 1.27 bits per heavy atom. The average molecular weight is 329 g/mol. The van der Waals surface area contributed by atoms with Crippen molar-refractivity contribution in [2.24, 2.45) is 0 Å². The lowest BCUT2D eigenvalue weighted by atomic mass is 10.1. The molecule has 0 bridgehead atoms. The highest BCUT2D eigenvalue weighted by Crippen LogP contribution is 2.33. The monoisotopic (exact) mass is 329 g/mol. The summed E-state index contributed by atoms with van der Waals surface area (Å²) in [6.45, 7) is 4.69. The van der Waals surface area contributed by atoms with Crippen LogP contribution >= 0.6 is 0 Å². The minimum absolute atomic E-state index is 0.0412. The number of hydrogen-bond donors (Lipinski definition) is 0. The molecule has 1 fully saturated rings. The smallest absolute Gasteiger partial charge is 0.213 e. The summed E-state index contributed by atoms with van der Waals surface area (Å²) in [5, 5.41) is -2.16. The zero-order valence-electron chi connectivity index (χ0n) is 12.5. The van der Waals surface area contributed by atoms with E-state index in [-0.39, 0.29) is 24.4 Å². The maximum atomic E-state index is 14.6. The summed E-state index contributed by atoms with van der Waals surface area (Å²) in [6, 6.07) is 6.57. The van der Waals surface area contributed by atoms with E-state index in [1.807, 2.05) is 4.90 Å². The normalized spacial score (nSPS) is 19.0. The number of piperidine rings is 1. The molecule has 6 heteroatoms. The molecule has 0 aliphatic carbocycles. The summed E-state index contributed by atoms with van der Waals surface area (Å²) in [7, 11) is -3.80. The fourth-order valence-electron chi connectivity index (χ4n) is 2.71. The summed E-state index contributed by atoms with van der Waals surface area (Å²) >= 11 is 0. The molecular weight excluding hydrogens is 308 g/mol. The van der Waals surface area contributed by atoms with Crippen LogP contribution in [0.5, 0.6) is 0 Å². The second kappa shape index (κ2) is 6.87. The van der Waals surface area contributed by atoms with Crippen LogP contribution in [0, 0.1) is 5.82 Å². The Hall–Kier alpha value is -1.27. The lowest BCUT2D eigenvalue weighted by Gasteiger charge is -2.35. The van der Waals surface area contributed by atoms with Crippen LogP contribution in [0.2, 0.25) is 0 Å². The molecule has 1 aliphatic rings. The molecule has 0 aromatic heterocycles. The molecule has 0 radical (unpaired) electrons. The Morgan fingerprint density at radius 2 is 1.91 bits per heavy atom. The summed E-state index contributed by atoms with van der Waals surface area (Å²) in [6.07, 6.45) is 1.67. The number of rotatable bonds is 6. The van der Waals surface area contributed by atoms with E-state index in [9.17, 15) is 17.2 Å². The van der Waals surface area contributed by atoms with Gasteiger partial charge in [0.2, 0.25) is 5.00 Å². The number of hydrogen-bond acceptors (Lipinski definition) is 3. The maximum absolute atomic E-state index is 14.6. The first-order valence-corrected chi connectivity index (χ1v) is 9.01. The number of halogens is 2. The van der Waals surface area contributed by atoms with Crippen LogP contribution < -0.4 is 0 Å². The molecule has 0 N–H and O–H groups in total. The van der Waals surface area contributed by atoms with Gasteiger partial charge < -0.3 is 4.90 Å². The van der Waals surface area contributed by atoms with Crippen molar-refractivity contribution >= 4 is 9.84 Å². The zero-order valence-corrected chi connectivity index (χ0v) is 13.3. The van der Waals surface area contributed by atoms with Gasteiger partial charge in [0.25, 0.3) is 0 Å². The largest absolute Gasteiger partial charge is 0.303 e. The van der Waals surface area contributed by atoms with Crippen molar-refractivity contribution in [3.8, 4) is 0 Å². The predicted molar refractivity (Wildman–Crippen MR) is 83.6 cm³/mol. The molecule has 0 amide bonds. The molecule has 1 heterocycles. The van der Waals surface area contributed by atoms with Crippen molar-refractivity contribution in [1.29, 1.82) is 0 Å². The molecular formula is C16H21F2NO2S. The quantitative estimate of drug-likeness (QED) is 0.753. The van der Waals surface area contributed by atoms with E-state index in [0.717, 1.165) is 0 Å². The minimum Gasteiger partial charge on any atom is -0.303 e. The molecule has 3 nitrogen and oxygen atoms in total. The average Bonchev–Trinajstić information content (AvgIpc) is 2.48. The van der Waals surface area contributed by atoms with E-state index in [1.165, 1.54) is 12.1 Å². The van der Waals surface area contributed by atoms with Gasteiger partial charge in [0, 0.05) is 32.5 Å². The SMILES string of the molecule is C=CCS(=O)(=O)C1(F)CCN(CCc2ccccc2F)CC1. The van der Waals surface area contributed by atoms with Crippen molar-refractivity contribution in [3.05, 3.63) is 48.3 Å². The Balaban J connectivity index is 1.90. The van der Waals surface area contributed by atoms with Crippen molar-refractivity contribution < 1.29 is 17.2 Å². The summed E-state index contributed by atoms with van der Waals surface area (Å²) in [5.74, 6) is -0.577. The molecule has 1 aliphatic heterocycles. The third-order valence-corrected chi connectivity index (χ3v) is 6.35. The van der Waals surface area contributed by atoms with Gasteiger partial charge in [-0.2, -0.15) is 0 Å². The Bertz CT molecular complexity index is 623. The second-order valence-electron chi connectivity index (χ2n) is 5.64. The van der Waals surface area contributed by atoms with Crippen LogP contribution in [0.1, 0.15) is 18.4 Å². The third kappa shape index (κ3) is 3.73. The van der Waals surface area contributed by atoms with E-state index in [0.29, 0.717) is 31.6 Å². The summed E-state index contributed by atoms with van der Waals surface area (Å²) < 4.78 is 52.0. The van der Waals surface area contributed by atoms with Crippen LogP contribution in [-0.4, -0.2) is 43.7 Å². The van der Waals surface area contributed by atoms with Crippen LogP contribution in [0.4, 0.5) is 8.78 Å². The van der Waals surface area contributed by atoms with E-state index >= 15 is 0 Å². The molecule has 2 rings (SSSR count). The molecule has 1 saturated heterocycles. The molecule has 22 heavy (non-hydrogen) atoms. The molecule has 1 aromatic carbocycles. The van der Waals surface area contributed by atoms with Gasteiger partial charge in [0.1, 0.15) is 5.82 Å². The van der Waals surface area contributed by atoms with Gasteiger partial charge in [-0.3, -0.25) is 0 Å². The van der Waals surface area contributed by atoms with E-state index in [1.54, 1.807) is 18.2 Å². The van der Waals surface area contributed by atoms with Gasteiger partial charge in [-0.05, 0) is 18.1 Å². The van der Waals surface area contributed by atoms with E-state index in [2.05, 4.69) is 6.58 Å². The van der Waals surface area contributed by atoms with Crippen LogP contribution in [-0.2, 0) is 16.3 Å². The van der Waals surface area contributed by atoms with Gasteiger partial charge in [-0.15, -0.1) is 6.58 Å². The van der Waals surface area contributed by atoms with Crippen molar-refractivity contribution in [1.82, 2.24) is 4.90 Å². The molecule has 0 spiro atoms. The molecule has 122 valence electrons. The molecule has 1 aromatic rings. The number of sulfone groups is 1. The Labute approximate surface area is 130 Å². The maximum Gasteiger partial charge on any atom is 0.213 e. The Kier molecular flexibility index (Phi) is 5.34. The fourth-order valence-corrected chi connectivity index (χ4v) is 4.12. The summed E-state index contributed by atoms with van der Waals surface area (Å²) in [5.41, 5.74) is 0.624. The van der Waals surface area contributed by atoms with Crippen LogP contribution in [0.15, 0.2) is 36.9 Å². The van der Waals surface area contributed by atoms with Gasteiger partial charge in [0.05, 0.1) is 5.75 Å². The number of likely N-dealkylation sites (tertiary alicyclic amines) is 1. The van der Waals surface area contributed by atoms with Gasteiger partial charge in [-0.1, -0.05) is 24.3 Å². The van der Waals surface area contributed by atoms with Crippen molar-refractivity contribution in [2.45, 2.75) is 24.3 Å². The topological polar surface area (TPSA) is 37.4 Å². The van der Waals surface area contributed by atoms with Crippen LogP contribution in [0.3, 0.4) is 0 Å². The van der Waals surface area contributed by atoms with E-state index in [4.69, 9.17) is 0 Å². The second-order valence-corrected chi connectivity index (χ2v) is 7.93. The third-order valence-electron chi connectivity index (χ3n) is 4.15. The zero-order chi connectivity index (χ0) is 16.2. The highest BCUT2D eigenvalue weighted by atomic mass is 32.2. The lowest BCUT2D eigenvalue weighted by Crippen LogP contribution is -2.47. The first kappa shape index (κ1) is 17.1.